The summed E-state index contributed by atoms with van der Waals surface area (Å²) in [5, 5.41) is 0. The minimum absolute atomic E-state index is 0.302. The maximum absolute atomic E-state index is 6.03. The summed E-state index contributed by atoms with van der Waals surface area (Å²) in [6.45, 7) is 3.09. The Morgan fingerprint density at radius 3 is 2.62 bits per heavy atom. The minimum atomic E-state index is 0.302. The normalized spacial score (nSPS) is 15.6. The molecule has 1 aliphatic rings. The Labute approximate surface area is 127 Å². The standard InChI is InChI=1S/C17H23N3O/c1-2-14-21-16-8-6-15(7-9-16)10-11-19-17(18)20-12-4-3-5-13-20/h1,6-9H,3-5,10-14H2,(H2,18,19). The van der Waals surface area contributed by atoms with Gasteiger partial charge >= 0.3 is 0 Å². The van der Waals surface area contributed by atoms with E-state index in [1.807, 2.05) is 24.3 Å². The molecule has 2 N–H and O–H groups in total. The van der Waals surface area contributed by atoms with Crippen LogP contribution in [0.15, 0.2) is 29.3 Å². The molecule has 0 aliphatic carbocycles. The number of likely N-dealkylation sites (tertiary alicyclic amines) is 1. The van der Waals surface area contributed by atoms with E-state index in [2.05, 4.69) is 15.8 Å². The second-order valence-electron chi connectivity index (χ2n) is 5.17. The number of guanidine groups is 1. The summed E-state index contributed by atoms with van der Waals surface area (Å²) in [4.78, 5) is 6.66. The second-order valence-corrected chi connectivity index (χ2v) is 5.17. The van der Waals surface area contributed by atoms with Crippen molar-refractivity contribution in [2.45, 2.75) is 25.7 Å². The average Bonchev–Trinajstić information content (AvgIpc) is 2.55. The molecule has 2 rings (SSSR count). The monoisotopic (exact) mass is 285 g/mol. The highest BCUT2D eigenvalue weighted by molar-refractivity contribution is 5.78. The Kier molecular flexibility index (Phi) is 5.96. The lowest BCUT2D eigenvalue weighted by atomic mass is 10.1. The SMILES string of the molecule is C#CCOc1ccc(CCN=C(N)N2CCCCC2)cc1. The van der Waals surface area contributed by atoms with E-state index in [4.69, 9.17) is 16.9 Å². The molecule has 0 saturated carbocycles. The Balaban J connectivity index is 1.78. The molecule has 0 aromatic heterocycles. The Hall–Kier alpha value is -2.15. The van der Waals surface area contributed by atoms with E-state index < -0.39 is 0 Å². The molecule has 0 atom stereocenters. The molecule has 1 heterocycles. The summed E-state index contributed by atoms with van der Waals surface area (Å²) in [5.41, 5.74) is 7.25. The van der Waals surface area contributed by atoms with E-state index in [-0.39, 0.29) is 0 Å². The van der Waals surface area contributed by atoms with Crippen LogP contribution in [-0.2, 0) is 6.42 Å². The maximum atomic E-state index is 6.03. The van der Waals surface area contributed by atoms with Gasteiger partial charge in [0.2, 0.25) is 0 Å². The van der Waals surface area contributed by atoms with Crippen molar-refractivity contribution in [3.8, 4) is 18.1 Å². The summed E-state index contributed by atoms with van der Waals surface area (Å²) in [6, 6.07) is 7.95. The summed E-state index contributed by atoms with van der Waals surface area (Å²) in [7, 11) is 0. The van der Waals surface area contributed by atoms with Crippen LogP contribution in [0.4, 0.5) is 0 Å². The zero-order valence-corrected chi connectivity index (χ0v) is 12.4. The lowest BCUT2D eigenvalue weighted by Crippen LogP contribution is -2.41. The molecule has 1 aliphatic heterocycles. The number of terminal acetylenes is 1. The van der Waals surface area contributed by atoms with Crippen LogP contribution >= 0.6 is 0 Å². The number of nitrogens with two attached hydrogens (primary N) is 1. The first-order valence-corrected chi connectivity index (χ1v) is 7.49. The van der Waals surface area contributed by atoms with Crippen molar-refractivity contribution in [1.29, 1.82) is 0 Å². The van der Waals surface area contributed by atoms with Gasteiger partial charge in [-0.1, -0.05) is 18.1 Å². The fraction of sp³-hybridized carbons (Fsp3) is 0.471. The van der Waals surface area contributed by atoms with Crippen molar-refractivity contribution < 1.29 is 4.74 Å². The molecular formula is C17H23N3O. The van der Waals surface area contributed by atoms with Crippen molar-refractivity contribution >= 4 is 5.96 Å². The van der Waals surface area contributed by atoms with Gasteiger partial charge in [-0.15, -0.1) is 6.42 Å². The van der Waals surface area contributed by atoms with Crippen LogP contribution in [0.2, 0.25) is 0 Å². The van der Waals surface area contributed by atoms with Crippen LogP contribution in [0.5, 0.6) is 5.75 Å². The van der Waals surface area contributed by atoms with Crippen LogP contribution in [-0.4, -0.2) is 37.1 Å². The van der Waals surface area contributed by atoms with E-state index in [0.717, 1.165) is 25.3 Å². The number of benzene rings is 1. The lowest BCUT2D eigenvalue weighted by Gasteiger charge is -2.27. The van der Waals surface area contributed by atoms with Crippen LogP contribution in [0, 0.1) is 12.3 Å². The first kappa shape index (κ1) is 15.2. The second kappa shape index (κ2) is 8.21. The molecule has 1 saturated heterocycles. The van der Waals surface area contributed by atoms with Crippen molar-refractivity contribution in [3.63, 3.8) is 0 Å². The summed E-state index contributed by atoms with van der Waals surface area (Å²) >= 11 is 0. The highest BCUT2D eigenvalue weighted by Crippen LogP contribution is 2.12. The fourth-order valence-corrected chi connectivity index (χ4v) is 2.40. The van der Waals surface area contributed by atoms with Gasteiger partial charge in [0.15, 0.2) is 5.96 Å². The smallest absolute Gasteiger partial charge is 0.191 e. The van der Waals surface area contributed by atoms with Crippen molar-refractivity contribution in [3.05, 3.63) is 29.8 Å². The van der Waals surface area contributed by atoms with Crippen LogP contribution in [0.1, 0.15) is 24.8 Å². The Morgan fingerprint density at radius 1 is 1.24 bits per heavy atom. The largest absolute Gasteiger partial charge is 0.481 e. The molecule has 1 aromatic carbocycles. The van der Waals surface area contributed by atoms with E-state index in [1.165, 1.54) is 24.8 Å². The van der Waals surface area contributed by atoms with Gasteiger partial charge in [-0.05, 0) is 43.4 Å². The highest BCUT2D eigenvalue weighted by Gasteiger charge is 2.11. The van der Waals surface area contributed by atoms with Gasteiger partial charge in [0.05, 0.1) is 0 Å². The van der Waals surface area contributed by atoms with Gasteiger partial charge < -0.3 is 15.4 Å². The van der Waals surface area contributed by atoms with E-state index >= 15 is 0 Å². The zero-order chi connectivity index (χ0) is 14.9. The molecule has 112 valence electrons. The number of aliphatic imine (C=N–C) groups is 1. The molecular weight excluding hydrogens is 262 g/mol. The summed E-state index contributed by atoms with van der Waals surface area (Å²) in [6.07, 6.45) is 9.77. The van der Waals surface area contributed by atoms with Gasteiger partial charge in [0, 0.05) is 19.6 Å². The first-order valence-electron chi connectivity index (χ1n) is 7.49. The highest BCUT2D eigenvalue weighted by atomic mass is 16.5. The van der Waals surface area contributed by atoms with Gasteiger partial charge in [0.25, 0.3) is 0 Å². The molecule has 0 amide bonds. The first-order chi connectivity index (χ1) is 10.3. The number of hydrogen-bond donors (Lipinski definition) is 1. The number of nitrogens with zero attached hydrogens (tertiary/aromatic N) is 2. The predicted octanol–water partition coefficient (Wildman–Crippen LogP) is 2.04. The van der Waals surface area contributed by atoms with Crippen LogP contribution in [0.3, 0.4) is 0 Å². The number of rotatable bonds is 5. The van der Waals surface area contributed by atoms with Gasteiger partial charge in [-0.25, -0.2) is 0 Å². The molecule has 4 heteroatoms. The summed E-state index contributed by atoms with van der Waals surface area (Å²) in [5.74, 6) is 3.93. The maximum Gasteiger partial charge on any atom is 0.191 e. The zero-order valence-electron chi connectivity index (χ0n) is 12.4. The third kappa shape index (κ3) is 5.03. The molecule has 0 unspecified atom stereocenters. The minimum Gasteiger partial charge on any atom is -0.481 e. The molecule has 4 nitrogen and oxygen atoms in total. The lowest BCUT2D eigenvalue weighted by molar-refractivity contribution is 0.338. The van der Waals surface area contributed by atoms with E-state index in [9.17, 15) is 0 Å². The van der Waals surface area contributed by atoms with Gasteiger partial charge in [-0.3, -0.25) is 4.99 Å². The predicted molar refractivity (Wildman–Crippen MR) is 86.4 cm³/mol. The van der Waals surface area contributed by atoms with Crippen molar-refractivity contribution in [1.82, 2.24) is 4.90 Å². The van der Waals surface area contributed by atoms with Crippen LogP contribution < -0.4 is 10.5 Å². The Morgan fingerprint density at radius 2 is 1.95 bits per heavy atom. The average molecular weight is 285 g/mol. The molecule has 1 aromatic rings. The number of piperidine rings is 1. The van der Waals surface area contributed by atoms with Crippen molar-refractivity contribution in [2.75, 3.05) is 26.2 Å². The van der Waals surface area contributed by atoms with Gasteiger partial charge in [0.1, 0.15) is 12.4 Å². The summed E-state index contributed by atoms with van der Waals surface area (Å²) < 4.78 is 5.34. The Bertz CT molecular complexity index is 496. The fourth-order valence-electron chi connectivity index (χ4n) is 2.40. The molecule has 0 spiro atoms. The molecule has 0 bridgehead atoms. The van der Waals surface area contributed by atoms with Crippen molar-refractivity contribution in [2.24, 2.45) is 10.7 Å². The quantitative estimate of drug-likeness (QED) is 0.512. The molecule has 0 radical (unpaired) electrons. The third-order valence-corrected chi connectivity index (χ3v) is 3.60. The van der Waals surface area contributed by atoms with Gasteiger partial charge in [-0.2, -0.15) is 0 Å². The van der Waals surface area contributed by atoms with Crippen LogP contribution in [0.25, 0.3) is 0 Å². The third-order valence-electron chi connectivity index (χ3n) is 3.60. The topological polar surface area (TPSA) is 50.9 Å². The number of ether oxygens (including phenoxy) is 1. The van der Waals surface area contributed by atoms with E-state index in [0.29, 0.717) is 19.1 Å². The number of hydrogen-bond acceptors (Lipinski definition) is 2. The van der Waals surface area contributed by atoms with E-state index in [1.54, 1.807) is 0 Å². The molecule has 21 heavy (non-hydrogen) atoms. The molecule has 1 fully saturated rings.